The lowest BCUT2D eigenvalue weighted by Crippen LogP contribution is -2.41. The first-order valence-corrected chi connectivity index (χ1v) is 7.13. The zero-order valence-corrected chi connectivity index (χ0v) is 12.5. The SMILES string of the molecule is COC1(C(N)c2ccc(Br)c(Cl)c2F)CCCC1. The number of benzene rings is 1. The molecule has 0 amide bonds. The Morgan fingerprint density at radius 3 is 2.61 bits per heavy atom. The summed E-state index contributed by atoms with van der Waals surface area (Å²) in [5.41, 5.74) is 6.19. The van der Waals surface area contributed by atoms with Crippen LogP contribution in [0.2, 0.25) is 5.02 Å². The van der Waals surface area contributed by atoms with E-state index in [-0.39, 0.29) is 5.02 Å². The van der Waals surface area contributed by atoms with Gasteiger partial charge in [0.2, 0.25) is 0 Å². The summed E-state index contributed by atoms with van der Waals surface area (Å²) in [6.07, 6.45) is 3.84. The van der Waals surface area contributed by atoms with Crippen molar-refractivity contribution in [2.45, 2.75) is 37.3 Å². The lowest BCUT2D eigenvalue weighted by atomic mass is 9.87. The number of ether oxygens (including phenoxy) is 1. The van der Waals surface area contributed by atoms with Crippen molar-refractivity contribution in [3.8, 4) is 0 Å². The zero-order valence-electron chi connectivity index (χ0n) is 10.2. The van der Waals surface area contributed by atoms with Crippen LogP contribution in [0.4, 0.5) is 4.39 Å². The van der Waals surface area contributed by atoms with Crippen molar-refractivity contribution in [3.05, 3.63) is 33.0 Å². The minimum Gasteiger partial charge on any atom is -0.376 e. The quantitative estimate of drug-likeness (QED) is 0.840. The van der Waals surface area contributed by atoms with Crippen LogP contribution in [0, 0.1) is 5.82 Å². The highest BCUT2D eigenvalue weighted by atomic mass is 79.9. The summed E-state index contributed by atoms with van der Waals surface area (Å²) in [6, 6.07) is 2.91. The minimum absolute atomic E-state index is 0.0761. The second-order valence-electron chi connectivity index (χ2n) is 4.72. The summed E-state index contributed by atoms with van der Waals surface area (Å²) < 4.78 is 20.3. The third-order valence-electron chi connectivity index (χ3n) is 3.82. The van der Waals surface area contributed by atoms with E-state index in [1.165, 1.54) is 0 Å². The number of methoxy groups -OCH3 is 1. The van der Waals surface area contributed by atoms with Crippen molar-refractivity contribution < 1.29 is 9.13 Å². The average Bonchev–Trinajstić information content (AvgIpc) is 2.85. The van der Waals surface area contributed by atoms with E-state index in [0.717, 1.165) is 25.7 Å². The monoisotopic (exact) mass is 335 g/mol. The van der Waals surface area contributed by atoms with Gasteiger partial charge in [-0.25, -0.2) is 4.39 Å². The number of nitrogens with two attached hydrogens (primary N) is 1. The van der Waals surface area contributed by atoms with E-state index < -0.39 is 17.5 Å². The molecule has 1 aromatic rings. The fourth-order valence-electron chi connectivity index (χ4n) is 2.68. The zero-order chi connectivity index (χ0) is 13.3. The highest BCUT2D eigenvalue weighted by Crippen LogP contribution is 2.43. The molecule has 1 aromatic carbocycles. The molecule has 1 atom stereocenters. The predicted octanol–water partition coefficient (Wildman–Crippen LogP) is 4.20. The molecule has 18 heavy (non-hydrogen) atoms. The van der Waals surface area contributed by atoms with Crippen molar-refractivity contribution >= 4 is 27.5 Å². The summed E-state index contributed by atoms with van der Waals surface area (Å²) in [6.45, 7) is 0. The number of rotatable bonds is 3. The standard InChI is InChI=1S/C13H16BrClFNO/c1-18-13(6-2-3-7-13)12(17)8-4-5-9(14)10(15)11(8)16/h4-5,12H,2-3,6-7,17H2,1H3. The molecule has 1 unspecified atom stereocenters. The molecular weight excluding hydrogens is 321 g/mol. The van der Waals surface area contributed by atoms with Gasteiger partial charge in [0.05, 0.1) is 16.7 Å². The van der Waals surface area contributed by atoms with Gasteiger partial charge in [-0.05, 0) is 34.8 Å². The van der Waals surface area contributed by atoms with Gasteiger partial charge in [0, 0.05) is 17.1 Å². The van der Waals surface area contributed by atoms with E-state index >= 15 is 0 Å². The number of hydrogen-bond donors (Lipinski definition) is 1. The Hall–Kier alpha value is -0.160. The molecule has 2 N–H and O–H groups in total. The summed E-state index contributed by atoms with van der Waals surface area (Å²) in [4.78, 5) is 0. The molecule has 0 bridgehead atoms. The van der Waals surface area contributed by atoms with Crippen molar-refractivity contribution in [2.75, 3.05) is 7.11 Å². The van der Waals surface area contributed by atoms with Crippen LogP contribution in [0.25, 0.3) is 0 Å². The summed E-state index contributed by atoms with van der Waals surface area (Å²) >= 11 is 9.10. The smallest absolute Gasteiger partial charge is 0.147 e. The molecule has 5 heteroatoms. The van der Waals surface area contributed by atoms with Crippen molar-refractivity contribution in [3.63, 3.8) is 0 Å². The molecule has 2 rings (SSSR count). The Morgan fingerprint density at radius 1 is 1.44 bits per heavy atom. The second kappa shape index (κ2) is 5.45. The minimum atomic E-state index is -0.490. The van der Waals surface area contributed by atoms with Gasteiger partial charge in [0.25, 0.3) is 0 Å². The average molecular weight is 337 g/mol. The third kappa shape index (κ3) is 2.31. The molecule has 1 saturated carbocycles. The predicted molar refractivity (Wildman–Crippen MR) is 74.2 cm³/mol. The lowest BCUT2D eigenvalue weighted by Gasteiger charge is -2.34. The van der Waals surface area contributed by atoms with E-state index in [9.17, 15) is 4.39 Å². The normalized spacial score (nSPS) is 20.1. The van der Waals surface area contributed by atoms with Crippen LogP contribution in [0.1, 0.15) is 37.3 Å². The number of halogens is 3. The van der Waals surface area contributed by atoms with E-state index in [1.54, 1.807) is 19.2 Å². The molecule has 0 aliphatic heterocycles. The topological polar surface area (TPSA) is 35.2 Å². The summed E-state index contributed by atoms with van der Waals surface area (Å²) in [7, 11) is 1.64. The highest BCUT2D eigenvalue weighted by Gasteiger charge is 2.41. The summed E-state index contributed by atoms with van der Waals surface area (Å²) in [5.74, 6) is -0.457. The van der Waals surface area contributed by atoms with Crippen LogP contribution in [0.3, 0.4) is 0 Å². The van der Waals surface area contributed by atoms with Crippen molar-refractivity contribution in [1.29, 1.82) is 0 Å². The van der Waals surface area contributed by atoms with Gasteiger partial charge in [-0.3, -0.25) is 0 Å². The maximum atomic E-state index is 14.2. The molecule has 1 aliphatic rings. The van der Waals surface area contributed by atoms with Crippen LogP contribution in [-0.2, 0) is 4.74 Å². The maximum absolute atomic E-state index is 14.2. The Morgan fingerprint density at radius 2 is 2.06 bits per heavy atom. The fourth-order valence-corrected chi connectivity index (χ4v) is 3.16. The van der Waals surface area contributed by atoms with E-state index in [0.29, 0.717) is 10.0 Å². The van der Waals surface area contributed by atoms with Crippen LogP contribution < -0.4 is 5.73 Å². The van der Waals surface area contributed by atoms with Gasteiger partial charge >= 0.3 is 0 Å². The van der Waals surface area contributed by atoms with E-state index in [2.05, 4.69) is 15.9 Å². The van der Waals surface area contributed by atoms with Crippen LogP contribution in [-0.4, -0.2) is 12.7 Å². The molecule has 0 radical (unpaired) electrons. The highest BCUT2D eigenvalue weighted by molar-refractivity contribution is 9.10. The molecule has 1 aliphatic carbocycles. The van der Waals surface area contributed by atoms with Crippen molar-refractivity contribution in [1.82, 2.24) is 0 Å². The summed E-state index contributed by atoms with van der Waals surface area (Å²) in [5, 5.41) is 0.0761. The van der Waals surface area contributed by atoms with Crippen molar-refractivity contribution in [2.24, 2.45) is 5.73 Å². The molecule has 100 valence electrons. The first-order chi connectivity index (χ1) is 8.52. The van der Waals surface area contributed by atoms with E-state index in [1.807, 2.05) is 0 Å². The molecule has 0 aromatic heterocycles. The third-order valence-corrected chi connectivity index (χ3v) is 5.08. The Labute approximate surface area is 120 Å². The Balaban J connectivity index is 2.39. The van der Waals surface area contributed by atoms with Gasteiger partial charge in [-0.15, -0.1) is 0 Å². The fraction of sp³-hybridized carbons (Fsp3) is 0.538. The van der Waals surface area contributed by atoms with Gasteiger partial charge in [-0.1, -0.05) is 30.5 Å². The first kappa shape index (κ1) is 14.3. The number of hydrogen-bond acceptors (Lipinski definition) is 2. The molecule has 2 nitrogen and oxygen atoms in total. The van der Waals surface area contributed by atoms with Gasteiger partial charge in [-0.2, -0.15) is 0 Å². The molecule has 0 spiro atoms. The molecule has 1 fully saturated rings. The molecule has 0 saturated heterocycles. The lowest BCUT2D eigenvalue weighted by molar-refractivity contribution is -0.0272. The van der Waals surface area contributed by atoms with Gasteiger partial charge in [0.1, 0.15) is 5.82 Å². The largest absolute Gasteiger partial charge is 0.376 e. The van der Waals surface area contributed by atoms with E-state index in [4.69, 9.17) is 22.1 Å². The Kier molecular flexibility index (Phi) is 4.32. The van der Waals surface area contributed by atoms with Gasteiger partial charge in [0.15, 0.2) is 0 Å². The Bertz CT molecular complexity index is 449. The molecule has 0 heterocycles. The van der Waals surface area contributed by atoms with Crippen LogP contribution in [0.15, 0.2) is 16.6 Å². The second-order valence-corrected chi connectivity index (χ2v) is 5.95. The van der Waals surface area contributed by atoms with Gasteiger partial charge < -0.3 is 10.5 Å². The maximum Gasteiger partial charge on any atom is 0.147 e. The van der Waals surface area contributed by atoms with Crippen LogP contribution in [0.5, 0.6) is 0 Å². The first-order valence-electron chi connectivity index (χ1n) is 5.96. The van der Waals surface area contributed by atoms with Crippen LogP contribution >= 0.6 is 27.5 Å². The molecular formula is C13H16BrClFNO.